The number of halogens is 7. The van der Waals surface area contributed by atoms with Crippen molar-refractivity contribution in [2.24, 2.45) is 0 Å². The Bertz CT molecular complexity index is 480. The highest BCUT2D eigenvalue weighted by atomic mass is 35.5. The highest BCUT2D eigenvalue weighted by Gasteiger charge is 2.71. The van der Waals surface area contributed by atoms with Gasteiger partial charge in [0.2, 0.25) is 0 Å². The van der Waals surface area contributed by atoms with Crippen molar-refractivity contribution >= 4 is 11.6 Å². The molecule has 0 amide bonds. The van der Waals surface area contributed by atoms with E-state index in [-0.39, 0.29) is 6.07 Å². The summed E-state index contributed by atoms with van der Waals surface area (Å²) in [6.07, 6.45) is -12.0. The van der Waals surface area contributed by atoms with Crippen LogP contribution in [-0.2, 0) is 5.60 Å². The fourth-order valence-corrected chi connectivity index (χ4v) is 1.69. The van der Waals surface area contributed by atoms with Crippen molar-refractivity contribution in [2.45, 2.75) is 24.9 Å². The van der Waals surface area contributed by atoms with Crippen molar-refractivity contribution in [1.29, 1.82) is 0 Å². The third-order valence-electron chi connectivity index (χ3n) is 2.50. The fourth-order valence-electron chi connectivity index (χ4n) is 1.52. The molecule has 0 aliphatic carbocycles. The average Bonchev–Trinajstić information content (AvgIpc) is 2.19. The summed E-state index contributed by atoms with van der Waals surface area (Å²) in [6.45, 7) is 0.883. The van der Waals surface area contributed by atoms with Gasteiger partial charge >= 0.3 is 12.4 Å². The normalized spacial score (nSPS) is 13.7. The molecule has 0 heterocycles. The van der Waals surface area contributed by atoms with E-state index in [1.54, 1.807) is 0 Å². The first-order valence-corrected chi connectivity index (χ1v) is 5.05. The zero-order valence-electron chi connectivity index (χ0n) is 9.19. The second-order valence-corrected chi connectivity index (χ2v) is 4.23. The maximum absolute atomic E-state index is 12.6. The Labute approximate surface area is 108 Å². The summed E-state index contributed by atoms with van der Waals surface area (Å²) in [5.74, 6) is -0.686. The van der Waals surface area contributed by atoms with Gasteiger partial charge in [-0.3, -0.25) is 0 Å². The Morgan fingerprint density at radius 2 is 1.42 bits per heavy atom. The fraction of sp³-hybridized carbons (Fsp3) is 0.400. The smallest absolute Gasteiger partial charge is 0.430 e. The van der Waals surface area contributed by atoms with Crippen molar-refractivity contribution in [3.8, 4) is 5.75 Å². The van der Waals surface area contributed by atoms with Gasteiger partial charge in [0.05, 0.1) is 5.02 Å². The number of rotatable bonds is 1. The molecule has 1 rings (SSSR count). The van der Waals surface area contributed by atoms with Crippen LogP contribution in [0.25, 0.3) is 0 Å². The van der Waals surface area contributed by atoms with E-state index in [4.69, 9.17) is 21.8 Å². The zero-order chi connectivity index (χ0) is 15.2. The maximum Gasteiger partial charge on any atom is 0.430 e. The third kappa shape index (κ3) is 2.46. The van der Waals surface area contributed by atoms with Gasteiger partial charge in [-0.2, -0.15) is 26.3 Å². The van der Waals surface area contributed by atoms with Gasteiger partial charge in [-0.05, 0) is 24.6 Å². The minimum absolute atomic E-state index is 0.243. The molecular weight excluding hydrogens is 302 g/mol. The maximum atomic E-state index is 12.6. The molecule has 9 heteroatoms. The Hall–Kier alpha value is -1.15. The van der Waals surface area contributed by atoms with Crippen molar-refractivity contribution < 1.29 is 36.6 Å². The lowest BCUT2D eigenvalue weighted by atomic mass is 9.88. The molecule has 2 nitrogen and oxygen atoms in total. The molecule has 2 N–H and O–H groups in total. The van der Waals surface area contributed by atoms with Crippen LogP contribution in [0.5, 0.6) is 5.75 Å². The van der Waals surface area contributed by atoms with Crippen molar-refractivity contribution in [3.63, 3.8) is 0 Å². The summed E-state index contributed by atoms with van der Waals surface area (Å²) in [4.78, 5) is 0. The number of aryl methyl sites for hydroxylation is 1. The first kappa shape index (κ1) is 15.9. The van der Waals surface area contributed by atoms with Gasteiger partial charge in [0.15, 0.2) is 0 Å². The number of alkyl halides is 6. The average molecular weight is 309 g/mol. The van der Waals surface area contributed by atoms with E-state index in [9.17, 15) is 26.3 Å². The van der Waals surface area contributed by atoms with Crippen LogP contribution in [-0.4, -0.2) is 22.6 Å². The topological polar surface area (TPSA) is 40.5 Å². The van der Waals surface area contributed by atoms with Gasteiger partial charge in [0.1, 0.15) is 5.75 Å². The predicted octanol–water partition coefficient (Wildman–Crippen LogP) is 3.67. The molecule has 0 saturated carbocycles. The zero-order valence-corrected chi connectivity index (χ0v) is 9.95. The number of benzene rings is 1. The summed E-state index contributed by atoms with van der Waals surface area (Å²) in [5.41, 5.74) is -7.13. The molecule has 0 saturated heterocycles. The van der Waals surface area contributed by atoms with Gasteiger partial charge in [-0.15, -0.1) is 0 Å². The molecule has 0 fully saturated rings. The summed E-state index contributed by atoms with van der Waals surface area (Å²) < 4.78 is 75.7. The second-order valence-electron chi connectivity index (χ2n) is 3.82. The molecule has 0 unspecified atom stereocenters. The van der Waals surface area contributed by atoms with Gasteiger partial charge < -0.3 is 10.2 Å². The van der Waals surface area contributed by atoms with E-state index < -0.39 is 39.9 Å². The molecule has 108 valence electrons. The van der Waals surface area contributed by atoms with Gasteiger partial charge in [-0.1, -0.05) is 11.6 Å². The lowest BCUT2D eigenvalue weighted by Crippen LogP contribution is -2.54. The molecule has 0 spiro atoms. The van der Waals surface area contributed by atoms with E-state index in [1.165, 1.54) is 0 Å². The SMILES string of the molecule is Cc1cc(O)c(Cl)cc1C(O)(C(F)(F)F)C(F)(F)F. The number of phenolic OH excluding ortho intramolecular Hbond substituents is 1. The minimum atomic E-state index is -5.99. The molecule has 0 radical (unpaired) electrons. The molecule has 19 heavy (non-hydrogen) atoms. The highest BCUT2D eigenvalue weighted by molar-refractivity contribution is 6.32. The molecule has 0 aliphatic heterocycles. The van der Waals surface area contributed by atoms with E-state index in [0.717, 1.165) is 6.92 Å². The van der Waals surface area contributed by atoms with Crippen LogP contribution in [0.3, 0.4) is 0 Å². The lowest BCUT2D eigenvalue weighted by molar-refractivity contribution is -0.376. The van der Waals surface area contributed by atoms with Crippen LogP contribution in [0.2, 0.25) is 5.02 Å². The third-order valence-corrected chi connectivity index (χ3v) is 2.81. The highest BCUT2D eigenvalue weighted by Crippen LogP contribution is 2.51. The van der Waals surface area contributed by atoms with Crippen molar-refractivity contribution in [1.82, 2.24) is 0 Å². The lowest BCUT2D eigenvalue weighted by Gasteiger charge is -2.33. The Balaban J connectivity index is 3.66. The van der Waals surface area contributed by atoms with Crippen LogP contribution >= 0.6 is 11.6 Å². The minimum Gasteiger partial charge on any atom is -0.506 e. The van der Waals surface area contributed by atoms with Crippen molar-refractivity contribution in [2.75, 3.05) is 0 Å². The van der Waals surface area contributed by atoms with Gasteiger partial charge in [-0.25, -0.2) is 0 Å². The van der Waals surface area contributed by atoms with Crippen LogP contribution in [0.1, 0.15) is 11.1 Å². The van der Waals surface area contributed by atoms with E-state index in [0.29, 0.717) is 6.07 Å². The molecular formula is C10H7ClF6O2. The van der Waals surface area contributed by atoms with Crippen molar-refractivity contribution in [3.05, 3.63) is 28.3 Å². The van der Waals surface area contributed by atoms with Gasteiger partial charge in [0.25, 0.3) is 5.60 Å². The number of phenols is 1. The summed E-state index contributed by atoms with van der Waals surface area (Å²) >= 11 is 5.30. The van der Waals surface area contributed by atoms with Gasteiger partial charge in [0, 0.05) is 5.56 Å². The van der Waals surface area contributed by atoms with E-state index in [1.807, 2.05) is 0 Å². The largest absolute Gasteiger partial charge is 0.506 e. The molecule has 1 aromatic rings. The number of aliphatic hydroxyl groups is 1. The molecule has 0 aromatic heterocycles. The first-order valence-electron chi connectivity index (χ1n) is 4.67. The second kappa shape index (κ2) is 4.45. The first-order chi connectivity index (χ1) is 8.32. The van der Waals surface area contributed by atoms with Crippen LogP contribution in [0.15, 0.2) is 12.1 Å². The predicted molar refractivity (Wildman–Crippen MR) is 53.9 cm³/mol. The Kier molecular flexibility index (Phi) is 3.72. The number of hydrogen-bond acceptors (Lipinski definition) is 2. The Morgan fingerprint density at radius 1 is 1.00 bits per heavy atom. The molecule has 0 atom stereocenters. The quantitative estimate of drug-likeness (QED) is 0.777. The number of aromatic hydroxyl groups is 1. The summed E-state index contributed by atoms with van der Waals surface area (Å²) in [7, 11) is 0. The molecule has 0 bridgehead atoms. The van der Waals surface area contributed by atoms with E-state index in [2.05, 4.69) is 0 Å². The Morgan fingerprint density at radius 3 is 1.79 bits per heavy atom. The standard InChI is InChI=1S/C10H7ClF6O2/c1-4-2-7(18)6(11)3-5(4)8(19,9(12,13)14)10(15,16)17/h2-3,18-19H,1H3. The molecule has 0 aliphatic rings. The van der Waals surface area contributed by atoms with Crippen LogP contribution in [0.4, 0.5) is 26.3 Å². The van der Waals surface area contributed by atoms with Crippen LogP contribution in [0, 0.1) is 6.92 Å². The molecule has 1 aromatic carbocycles. The van der Waals surface area contributed by atoms with E-state index >= 15 is 0 Å². The summed E-state index contributed by atoms with van der Waals surface area (Å²) in [6, 6.07) is 0.854. The summed E-state index contributed by atoms with van der Waals surface area (Å²) in [5, 5.41) is 17.6. The van der Waals surface area contributed by atoms with Crippen LogP contribution < -0.4 is 0 Å². The number of hydrogen-bond donors (Lipinski definition) is 2. The monoisotopic (exact) mass is 308 g/mol.